The summed E-state index contributed by atoms with van der Waals surface area (Å²) in [6, 6.07) is 20.3. The van der Waals surface area contributed by atoms with E-state index in [1.54, 1.807) is 42.5 Å². The molecule has 0 saturated carbocycles. The van der Waals surface area contributed by atoms with Gasteiger partial charge < -0.3 is 4.98 Å². The maximum absolute atomic E-state index is 13.4. The molecule has 0 aliphatic heterocycles. The van der Waals surface area contributed by atoms with Crippen molar-refractivity contribution in [1.29, 1.82) is 0 Å². The number of rotatable bonds is 6. The van der Waals surface area contributed by atoms with Gasteiger partial charge in [0.1, 0.15) is 5.82 Å². The molecule has 0 fully saturated rings. The van der Waals surface area contributed by atoms with Crippen LogP contribution in [0.1, 0.15) is 5.56 Å². The lowest BCUT2D eigenvalue weighted by Gasteiger charge is -2.05. The molecule has 0 aliphatic rings. The zero-order valence-corrected chi connectivity index (χ0v) is 18.6. The summed E-state index contributed by atoms with van der Waals surface area (Å²) in [7, 11) is -7.19. The number of hydrogen-bond acceptors (Lipinski definition) is 5. The molecule has 0 saturated heterocycles. The van der Waals surface area contributed by atoms with Crippen molar-refractivity contribution in [3.63, 3.8) is 0 Å². The maximum atomic E-state index is 13.4. The summed E-state index contributed by atoms with van der Waals surface area (Å²) < 4.78 is 63.1. The van der Waals surface area contributed by atoms with E-state index in [1.165, 1.54) is 36.4 Å². The third-order valence-electron chi connectivity index (χ3n) is 4.86. The Balaban J connectivity index is 1.83. The number of H-pyrrole nitrogens is 1. The van der Waals surface area contributed by atoms with Crippen molar-refractivity contribution in [1.82, 2.24) is 9.97 Å². The predicted molar refractivity (Wildman–Crippen MR) is 120 cm³/mol. The van der Waals surface area contributed by atoms with Crippen molar-refractivity contribution in [3.05, 3.63) is 90.2 Å². The Bertz CT molecular complexity index is 1460. The average Bonchev–Trinajstić information content (AvgIpc) is 3.21. The third-order valence-corrected chi connectivity index (χ3v) is 7.49. The second-order valence-corrected chi connectivity index (χ2v) is 11.2. The molecule has 0 atom stereocenters. The molecule has 4 aromatic rings. The predicted octanol–water partition coefficient (Wildman–Crippen LogP) is 4.26. The summed E-state index contributed by atoms with van der Waals surface area (Å²) in [6.07, 6.45) is 1.11. The number of nitrogens with zero attached hydrogens (tertiary/aromatic N) is 1. The molecule has 0 spiro atoms. The zero-order valence-electron chi connectivity index (χ0n) is 17.0. The number of aromatic amines is 1. The molecule has 3 aromatic carbocycles. The second kappa shape index (κ2) is 8.33. The van der Waals surface area contributed by atoms with Gasteiger partial charge in [0.05, 0.1) is 22.0 Å². The highest BCUT2D eigenvalue weighted by Crippen LogP contribution is 2.32. The molecule has 6 nitrogen and oxygen atoms in total. The molecule has 0 unspecified atom stereocenters. The molecule has 0 aliphatic carbocycles. The van der Waals surface area contributed by atoms with Gasteiger partial charge in [0.15, 0.2) is 9.84 Å². The molecule has 0 bridgehead atoms. The van der Waals surface area contributed by atoms with Crippen LogP contribution in [-0.2, 0) is 25.4 Å². The Hall–Kier alpha value is -3.30. The maximum Gasteiger partial charge on any atom is 0.226 e. The Morgan fingerprint density at radius 2 is 1.41 bits per heavy atom. The van der Waals surface area contributed by atoms with Gasteiger partial charge in [-0.2, -0.15) is 0 Å². The minimum absolute atomic E-state index is 0.140. The highest BCUT2D eigenvalue weighted by Gasteiger charge is 2.24. The van der Waals surface area contributed by atoms with Crippen LogP contribution in [0, 0.1) is 5.82 Å². The van der Waals surface area contributed by atoms with Crippen LogP contribution in [0.2, 0.25) is 0 Å². The average molecular weight is 471 g/mol. The quantitative estimate of drug-likeness (QED) is 0.454. The Labute approximate surface area is 185 Å². The highest BCUT2D eigenvalue weighted by atomic mass is 32.2. The summed E-state index contributed by atoms with van der Waals surface area (Å²) in [6.45, 7) is 0. The van der Waals surface area contributed by atoms with Crippen LogP contribution in [-0.4, -0.2) is 33.1 Å². The molecule has 0 amide bonds. The SMILES string of the molecule is CS(=O)(=O)c1ccc(-c2[nH]c(S(=O)(=O)Cc3ccccc3)nc2-c2ccc(F)cc2)cc1. The fourth-order valence-corrected chi connectivity index (χ4v) is 5.14. The van der Waals surface area contributed by atoms with Gasteiger partial charge in [0, 0.05) is 17.4 Å². The minimum atomic E-state index is -3.81. The monoisotopic (exact) mass is 470 g/mol. The molecular weight excluding hydrogens is 451 g/mol. The number of hydrogen-bond donors (Lipinski definition) is 1. The van der Waals surface area contributed by atoms with E-state index >= 15 is 0 Å². The van der Waals surface area contributed by atoms with E-state index in [0.29, 0.717) is 28.1 Å². The Morgan fingerprint density at radius 1 is 0.812 bits per heavy atom. The first kappa shape index (κ1) is 21.9. The highest BCUT2D eigenvalue weighted by molar-refractivity contribution is 7.90. The van der Waals surface area contributed by atoms with Crippen molar-refractivity contribution in [2.75, 3.05) is 6.26 Å². The fourth-order valence-electron chi connectivity index (χ4n) is 3.26. The van der Waals surface area contributed by atoms with E-state index in [1.807, 2.05) is 0 Å². The van der Waals surface area contributed by atoms with E-state index in [2.05, 4.69) is 9.97 Å². The lowest BCUT2D eigenvalue weighted by Crippen LogP contribution is -2.07. The molecule has 32 heavy (non-hydrogen) atoms. The van der Waals surface area contributed by atoms with E-state index < -0.39 is 25.5 Å². The van der Waals surface area contributed by atoms with Crippen molar-refractivity contribution in [2.45, 2.75) is 15.8 Å². The van der Waals surface area contributed by atoms with Crippen LogP contribution in [0.5, 0.6) is 0 Å². The molecule has 1 aromatic heterocycles. The lowest BCUT2D eigenvalue weighted by atomic mass is 10.1. The lowest BCUT2D eigenvalue weighted by molar-refractivity contribution is 0.588. The summed E-state index contributed by atoms with van der Waals surface area (Å²) >= 11 is 0. The molecule has 1 heterocycles. The van der Waals surface area contributed by atoms with Gasteiger partial charge in [-0.25, -0.2) is 26.2 Å². The van der Waals surface area contributed by atoms with Crippen molar-refractivity contribution in [3.8, 4) is 22.5 Å². The molecule has 9 heteroatoms. The fraction of sp³-hybridized carbons (Fsp3) is 0.0870. The normalized spacial score (nSPS) is 12.1. The van der Waals surface area contributed by atoms with Gasteiger partial charge in [-0.3, -0.25) is 0 Å². The van der Waals surface area contributed by atoms with Crippen LogP contribution >= 0.6 is 0 Å². The summed E-state index contributed by atoms with van der Waals surface area (Å²) in [5, 5.41) is -0.220. The van der Waals surface area contributed by atoms with E-state index in [-0.39, 0.29) is 15.8 Å². The minimum Gasteiger partial charge on any atom is -0.328 e. The van der Waals surface area contributed by atoms with Crippen molar-refractivity contribution < 1.29 is 21.2 Å². The first-order valence-corrected chi connectivity index (χ1v) is 13.1. The van der Waals surface area contributed by atoms with Crippen molar-refractivity contribution in [2.24, 2.45) is 0 Å². The standard InChI is InChI=1S/C23H19FN2O4S2/c1-31(27,28)20-13-9-18(10-14-20)22-21(17-7-11-19(24)12-8-17)25-23(26-22)32(29,30)15-16-5-3-2-4-6-16/h2-14H,15H2,1H3,(H,25,26). The number of halogens is 1. The van der Waals surface area contributed by atoms with Crippen LogP contribution in [0.25, 0.3) is 22.5 Å². The zero-order chi connectivity index (χ0) is 22.9. The first-order valence-electron chi connectivity index (χ1n) is 9.57. The van der Waals surface area contributed by atoms with Crippen LogP contribution < -0.4 is 0 Å². The van der Waals surface area contributed by atoms with Gasteiger partial charge >= 0.3 is 0 Å². The molecule has 164 valence electrons. The number of benzene rings is 3. The molecule has 0 radical (unpaired) electrons. The largest absolute Gasteiger partial charge is 0.328 e. The first-order chi connectivity index (χ1) is 15.1. The van der Waals surface area contributed by atoms with Crippen LogP contribution in [0.15, 0.2) is 88.9 Å². The summed E-state index contributed by atoms with van der Waals surface area (Å²) in [5.41, 5.74) is 2.40. The Morgan fingerprint density at radius 3 is 2.00 bits per heavy atom. The summed E-state index contributed by atoms with van der Waals surface area (Å²) in [4.78, 5) is 7.37. The third kappa shape index (κ3) is 4.63. The van der Waals surface area contributed by atoms with Crippen LogP contribution in [0.3, 0.4) is 0 Å². The van der Waals surface area contributed by atoms with Gasteiger partial charge in [-0.1, -0.05) is 42.5 Å². The van der Waals surface area contributed by atoms with E-state index in [4.69, 9.17) is 0 Å². The molecule has 4 rings (SSSR count). The molecule has 1 N–H and O–H groups in total. The number of sulfone groups is 2. The van der Waals surface area contributed by atoms with Gasteiger partial charge in [0.25, 0.3) is 0 Å². The van der Waals surface area contributed by atoms with Crippen molar-refractivity contribution >= 4 is 19.7 Å². The number of nitrogens with one attached hydrogen (secondary N) is 1. The second-order valence-electron chi connectivity index (χ2n) is 7.31. The van der Waals surface area contributed by atoms with Gasteiger partial charge in [0.2, 0.25) is 15.0 Å². The summed E-state index contributed by atoms with van der Waals surface area (Å²) in [5.74, 6) is -0.670. The Kier molecular flexibility index (Phi) is 5.70. The van der Waals surface area contributed by atoms with Crippen LogP contribution in [0.4, 0.5) is 4.39 Å². The molecular formula is C23H19FN2O4S2. The van der Waals surface area contributed by atoms with Gasteiger partial charge in [-0.05, 0) is 42.0 Å². The topological polar surface area (TPSA) is 97.0 Å². The number of imidazole rings is 1. The number of aromatic nitrogens is 2. The smallest absolute Gasteiger partial charge is 0.226 e. The van der Waals surface area contributed by atoms with Gasteiger partial charge in [-0.15, -0.1) is 0 Å². The van der Waals surface area contributed by atoms with E-state index in [0.717, 1.165) is 6.26 Å². The van der Waals surface area contributed by atoms with E-state index in [9.17, 15) is 21.2 Å².